The standard InChI is InChI=1S/C18H25N5O2/c1-13-16(12-21-7-9-25-10-8-21)18-19-5-3-17(23(18)20-13)15-4-6-22(11-15)14(2)24/h3,5,15H,4,6-12H2,1-2H3. The van der Waals surface area contributed by atoms with Crippen molar-refractivity contribution in [2.45, 2.75) is 32.7 Å². The van der Waals surface area contributed by atoms with Crippen molar-refractivity contribution >= 4 is 11.6 Å². The van der Waals surface area contributed by atoms with Gasteiger partial charge in [0.15, 0.2) is 5.65 Å². The van der Waals surface area contributed by atoms with Crippen molar-refractivity contribution in [1.82, 2.24) is 24.4 Å². The molecule has 4 rings (SSSR count). The zero-order valence-electron chi connectivity index (χ0n) is 14.9. The summed E-state index contributed by atoms with van der Waals surface area (Å²) < 4.78 is 7.44. The third-order valence-electron chi connectivity index (χ3n) is 5.38. The Morgan fingerprint density at radius 1 is 1.32 bits per heavy atom. The van der Waals surface area contributed by atoms with Crippen LogP contribution in [0.3, 0.4) is 0 Å². The number of carbonyl (C=O) groups excluding carboxylic acids is 1. The number of morpholine rings is 1. The van der Waals surface area contributed by atoms with E-state index in [4.69, 9.17) is 9.84 Å². The molecule has 1 unspecified atom stereocenters. The number of likely N-dealkylation sites (tertiary alicyclic amines) is 1. The first kappa shape index (κ1) is 16.5. The van der Waals surface area contributed by atoms with Gasteiger partial charge in [-0.2, -0.15) is 5.10 Å². The van der Waals surface area contributed by atoms with Crippen molar-refractivity contribution < 1.29 is 9.53 Å². The van der Waals surface area contributed by atoms with Gasteiger partial charge in [0.05, 0.1) is 24.6 Å². The summed E-state index contributed by atoms with van der Waals surface area (Å²) in [5.41, 5.74) is 4.34. The Hall–Kier alpha value is -1.99. The topological polar surface area (TPSA) is 63.0 Å². The van der Waals surface area contributed by atoms with Crippen LogP contribution in [0.25, 0.3) is 5.65 Å². The highest BCUT2D eigenvalue weighted by molar-refractivity contribution is 5.73. The van der Waals surface area contributed by atoms with E-state index in [0.717, 1.165) is 69.4 Å². The van der Waals surface area contributed by atoms with Crippen LogP contribution in [0.15, 0.2) is 12.3 Å². The summed E-state index contributed by atoms with van der Waals surface area (Å²) in [5, 5.41) is 4.79. The molecule has 4 heterocycles. The smallest absolute Gasteiger partial charge is 0.219 e. The molecule has 134 valence electrons. The number of amides is 1. The van der Waals surface area contributed by atoms with Crippen LogP contribution in [0, 0.1) is 6.92 Å². The molecule has 1 amide bonds. The largest absolute Gasteiger partial charge is 0.379 e. The van der Waals surface area contributed by atoms with E-state index in [1.165, 1.54) is 5.56 Å². The lowest BCUT2D eigenvalue weighted by Crippen LogP contribution is -2.35. The Morgan fingerprint density at radius 3 is 2.84 bits per heavy atom. The van der Waals surface area contributed by atoms with E-state index >= 15 is 0 Å². The third-order valence-corrected chi connectivity index (χ3v) is 5.38. The van der Waals surface area contributed by atoms with Gasteiger partial charge in [0.2, 0.25) is 5.91 Å². The quantitative estimate of drug-likeness (QED) is 0.838. The molecule has 2 saturated heterocycles. The third kappa shape index (κ3) is 3.14. The second-order valence-corrected chi connectivity index (χ2v) is 7.01. The first-order valence-corrected chi connectivity index (χ1v) is 9.02. The summed E-state index contributed by atoms with van der Waals surface area (Å²) in [7, 11) is 0. The Bertz CT molecular complexity index is 781. The predicted molar refractivity (Wildman–Crippen MR) is 93.4 cm³/mol. The average molecular weight is 343 g/mol. The lowest BCUT2D eigenvalue weighted by Gasteiger charge is -2.26. The van der Waals surface area contributed by atoms with Crippen LogP contribution in [-0.4, -0.2) is 69.7 Å². The van der Waals surface area contributed by atoms with Gasteiger partial charge in [-0.25, -0.2) is 9.50 Å². The molecule has 7 nitrogen and oxygen atoms in total. The molecular formula is C18H25N5O2. The monoisotopic (exact) mass is 343 g/mol. The average Bonchev–Trinajstić information content (AvgIpc) is 3.22. The Balaban J connectivity index is 1.64. The molecule has 0 aliphatic carbocycles. The maximum absolute atomic E-state index is 11.6. The van der Waals surface area contributed by atoms with Crippen molar-refractivity contribution in [1.29, 1.82) is 0 Å². The molecule has 2 aliphatic heterocycles. The van der Waals surface area contributed by atoms with Crippen molar-refractivity contribution in [3.63, 3.8) is 0 Å². The fourth-order valence-corrected chi connectivity index (χ4v) is 3.88. The van der Waals surface area contributed by atoms with E-state index in [1.54, 1.807) is 6.92 Å². The molecule has 2 fully saturated rings. The predicted octanol–water partition coefficient (Wildman–Crippen LogP) is 1.21. The minimum Gasteiger partial charge on any atom is -0.379 e. The molecule has 0 spiro atoms. The second kappa shape index (κ2) is 6.72. The Kier molecular flexibility index (Phi) is 4.43. The minimum atomic E-state index is 0.150. The highest BCUT2D eigenvalue weighted by Gasteiger charge is 2.28. The lowest BCUT2D eigenvalue weighted by atomic mass is 10.0. The van der Waals surface area contributed by atoms with E-state index in [1.807, 2.05) is 21.7 Å². The molecule has 25 heavy (non-hydrogen) atoms. The van der Waals surface area contributed by atoms with Crippen molar-refractivity contribution in [3.05, 3.63) is 29.2 Å². The van der Waals surface area contributed by atoms with Crippen molar-refractivity contribution in [3.8, 4) is 0 Å². The van der Waals surface area contributed by atoms with Crippen LogP contribution in [-0.2, 0) is 16.1 Å². The summed E-state index contributed by atoms with van der Waals surface area (Å²) >= 11 is 0. The fraction of sp³-hybridized carbons (Fsp3) is 0.611. The van der Waals surface area contributed by atoms with Gasteiger partial charge in [0.1, 0.15) is 0 Å². The molecule has 2 aromatic rings. The number of aromatic nitrogens is 3. The van der Waals surface area contributed by atoms with Gasteiger partial charge in [-0.3, -0.25) is 9.69 Å². The van der Waals surface area contributed by atoms with Crippen molar-refractivity contribution in [2.75, 3.05) is 39.4 Å². The van der Waals surface area contributed by atoms with Gasteiger partial charge in [-0.05, 0) is 19.4 Å². The Labute approximate surface area is 147 Å². The summed E-state index contributed by atoms with van der Waals surface area (Å²) in [5.74, 6) is 0.474. The van der Waals surface area contributed by atoms with Crippen LogP contribution in [0.2, 0.25) is 0 Å². The van der Waals surface area contributed by atoms with E-state index in [9.17, 15) is 4.79 Å². The number of rotatable bonds is 3. The van der Waals surface area contributed by atoms with E-state index in [0.29, 0.717) is 5.92 Å². The molecule has 0 radical (unpaired) electrons. The van der Waals surface area contributed by atoms with Gasteiger partial charge in [0.25, 0.3) is 0 Å². The van der Waals surface area contributed by atoms with Gasteiger partial charge in [-0.1, -0.05) is 0 Å². The fourth-order valence-electron chi connectivity index (χ4n) is 3.88. The van der Waals surface area contributed by atoms with Gasteiger partial charge < -0.3 is 9.64 Å². The first-order chi connectivity index (χ1) is 12.1. The van der Waals surface area contributed by atoms with E-state index in [-0.39, 0.29) is 5.91 Å². The minimum absolute atomic E-state index is 0.150. The highest BCUT2D eigenvalue weighted by Crippen LogP contribution is 2.28. The highest BCUT2D eigenvalue weighted by atomic mass is 16.5. The van der Waals surface area contributed by atoms with Gasteiger partial charge in [0, 0.05) is 57.3 Å². The molecule has 2 aliphatic rings. The number of ether oxygens (including phenoxy) is 1. The number of aryl methyl sites for hydroxylation is 1. The molecule has 0 N–H and O–H groups in total. The van der Waals surface area contributed by atoms with Crippen LogP contribution < -0.4 is 0 Å². The van der Waals surface area contributed by atoms with Gasteiger partial charge >= 0.3 is 0 Å². The number of hydrogen-bond donors (Lipinski definition) is 0. The summed E-state index contributed by atoms with van der Waals surface area (Å²) in [4.78, 5) is 20.6. The molecule has 0 saturated carbocycles. The normalized spacial score (nSPS) is 22.0. The molecule has 1 atom stereocenters. The van der Waals surface area contributed by atoms with Gasteiger partial charge in [-0.15, -0.1) is 0 Å². The molecular weight excluding hydrogens is 318 g/mol. The molecule has 7 heteroatoms. The Morgan fingerprint density at radius 2 is 2.12 bits per heavy atom. The number of nitrogens with zero attached hydrogens (tertiary/aromatic N) is 5. The number of hydrogen-bond acceptors (Lipinski definition) is 5. The SMILES string of the molecule is CC(=O)N1CCC(c2ccnc3c(CN4CCOCC4)c(C)nn23)C1. The van der Waals surface area contributed by atoms with Crippen LogP contribution in [0.1, 0.15) is 36.2 Å². The van der Waals surface area contributed by atoms with E-state index in [2.05, 4.69) is 16.8 Å². The second-order valence-electron chi connectivity index (χ2n) is 7.01. The number of fused-ring (bicyclic) bond motifs is 1. The molecule has 0 aromatic carbocycles. The lowest BCUT2D eigenvalue weighted by molar-refractivity contribution is -0.127. The zero-order valence-corrected chi connectivity index (χ0v) is 14.9. The summed E-state index contributed by atoms with van der Waals surface area (Å²) in [6, 6.07) is 2.05. The zero-order chi connectivity index (χ0) is 17.4. The van der Waals surface area contributed by atoms with E-state index < -0.39 is 0 Å². The molecule has 0 bridgehead atoms. The van der Waals surface area contributed by atoms with Crippen molar-refractivity contribution in [2.24, 2.45) is 0 Å². The first-order valence-electron chi connectivity index (χ1n) is 9.02. The molecule has 2 aromatic heterocycles. The maximum atomic E-state index is 11.6. The van der Waals surface area contributed by atoms with Crippen LogP contribution in [0.5, 0.6) is 0 Å². The van der Waals surface area contributed by atoms with Crippen LogP contribution >= 0.6 is 0 Å². The number of carbonyl (C=O) groups is 1. The maximum Gasteiger partial charge on any atom is 0.219 e. The summed E-state index contributed by atoms with van der Waals surface area (Å²) in [6.45, 7) is 9.64. The summed E-state index contributed by atoms with van der Waals surface area (Å²) in [6.07, 6.45) is 2.86. The van der Waals surface area contributed by atoms with Crippen LogP contribution in [0.4, 0.5) is 0 Å².